The molecule has 0 saturated heterocycles. The number of hydrogen-bond acceptors (Lipinski definition) is 5. The van der Waals surface area contributed by atoms with Gasteiger partial charge in [0.25, 0.3) is 5.91 Å². The summed E-state index contributed by atoms with van der Waals surface area (Å²) in [5, 5.41) is 5.65. The smallest absolute Gasteiger partial charge is 0.422 e. The van der Waals surface area contributed by atoms with Crippen molar-refractivity contribution in [2.75, 3.05) is 18.5 Å². The van der Waals surface area contributed by atoms with Crippen molar-refractivity contribution < 1.29 is 22.7 Å². The van der Waals surface area contributed by atoms with Crippen molar-refractivity contribution >= 4 is 11.7 Å². The number of halogens is 3. The summed E-state index contributed by atoms with van der Waals surface area (Å²) in [4.78, 5) is 20.2. The predicted octanol–water partition coefficient (Wildman–Crippen LogP) is 2.78. The minimum atomic E-state index is -4.41. The van der Waals surface area contributed by atoms with Crippen molar-refractivity contribution in [2.45, 2.75) is 19.6 Å². The van der Waals surface area contributed by atoms with Crippen LogP contribution in [-0.2, 0) is 6.54 Å². The van der Waals surface area contributed by atoms with E-state index in [9.17, 15) is 18.0 Å². The Morgan fingerprint density at radius 3 is 2.68 bits per heavy atom. The van der Waals surface area contributed by atoms with Crippen molar-refractivity contribution in [3.05, 3.63) is 47.9 Å². The Bertz CT molecular complexity index is 723. The molecular formula is C16H17F3N4O2. The van der Waals surface area contributed by atoms with E-state index in [1.54, 1.807) is 12.1 Å². The molecule has 0 radical (unpaired) electrons. The van der Waals surface area contributed by atoms with Crippen molar-refractivity contribution in [1.82, 2.24) is 15.3 Å². The summed E-state index contributed by atoms with van der Waals surface area (Å²) in [5.41, 5.74) is 0.796. The van der Waals surface area contributed by atoms with Crippen LogP contribution in [0.1, 0.15) is 23.0 Å². The van der Waals surface area contributed by atoms with Crippen LogP contribution in [0.5, 0.6) is 5.75 Å². The van der Waals surface area contributed by atoms with E-state index >= 15 is 0 Å². The molecule has 0 aromatic carbocycles. The van der Waals surface area contributed by atoms with Gasteiger partial charge in [-0.05, 0) is 25.1 Å². The number of aromatic nitrogens is 2. The maximum Gasteiger partial charge on any atom is 0.422 e. The van der Waals surface area contributed by atoms with Gasteiger partial charge in [0.05, 0.1) is 12.2 Å². The topological polar surface area (TPSA) is 76.1 Å². The fourth-order valence-electron chi connectivity index (χ4n) is 1.93. The van der Waals surface area contributed by atoms with Crippen LogP contribution >= 0.6 is 0 Å². The van der Waals surface area contributed by atoms with E-state index in [0.29, 0.717) is 23.6 Å². The molecule has 2 aromatic heterocycles. The number of carbonyl (C=O) groups is 1. The molecule has 0 spiro atoms. The minimum absolute atomic E-state index is 0.0370. The van der Waals surface area contributed by atoms with E-state index in [-0.39, 0.29) is 18.2 Å². The lowest BCUT2D eigenvalue weighted by Gasteiger charge is -2.10. The molecule has 6 nitrogen and oxygen atoms in total. The van der Waals surface area contributed by atoms with E-state index in [1.807, 2.05) is 6.92 Å². The zero-order valence-electron chi connectivity index (χ0n) is 13.4. The van der Waals surface area contributed by atoms with Gasteiger partial charge in [-0.15, -0.1) is 0 Å². The van der Waals surface area contributed by atoms with Crippen LogP contribution in [0.2, 0.25) is 0 Å². The Labute approximate surface area is 142 Å². The highest BCUT2D eigenvalue weighted by Crippen LogP contribution is 2.18. The molecule has 2 heterocycles. The van der Waals surface area contributed by atoms with Gasteiger partial charge in [-0.1, -0.05) is 0 Å². The van der Waals surface area contributed by atoms with Crippen LogP contribution in [-0.4, -0.2) is 35.2 Å². The molecule has 2 aromatic rings. The Kier molecular flexibility index (Phi) is 6.15. The van der Waals surface area contributed by atoms with Crippen LogP contribution < -0.4 is 15.4 Å². The van der Waals surface area contributed by atoms with Gasteiger partial charge in [-0.3, -0.25) is 9.78 Å². The van der Waals surface area contributed by atoms with Gasteiger partial charge < -0.3 is 15.4 Å². The number of anilines is 1. The SMILES string of the molecule is CCNc1cc(C(=O)NCc2cc(OCC(F)(F)F)ccn2)ccn1. The van der Waals surface area contributed by atoms with Gasteiger partial charge in [0.1, 0.15) is 11.6 Å². The standard InChI is InChI=1S/C16H17F3N4O2/c1-2-20-14-7-11(3-5-22-14)15(24)23-9-12-8-13(4-6-21-12)25-10-16(17,18)19/h3-8H,2,9-10H2,1H3,(H,20,22)(H,23,24). The summed E-state index contributed by atoms with van der Waals surface area (Å²) in [7, 11) is 0. The second-order valence-electron chi connectivity index (χ2n) is 5.03. The third kappa shape index (κ3) is 6.28. The number of hydrogen-bond donors (Lipinski definition) is 2. The molecule has 0 unspecified atom stereocenters. The zero-order chi connectivity index (χ0) is 18.3. The number of alkyl halides is 3. The first-order chi connectivity index (χ1) is 11.9. The van der Waals surface area contributed by atoms with E-state index in [2.05, 4.69) is 25.3 Å². The molecule has 0 fully saturated rings. The number of carbonyl (C=O) groups excluding carboxylic acids is 1. The first-order valence-corrected chi connectivity index (χ1v) is 7.50. The highest BCUT2D eigenvalue weighted by molar-refractivity contribution is 5.94. The predicted molar refractivity (Wildman–Crippen MR) is 85.4 cm³/mol. The van der Waals surface area contributed by atoms with Crippen molar-refractivity contribution in [1.29, 1.82) is 0 Å². The van der Waals surface area contributed by atoms with Crippen molar-refractivity contribution in [3.8, 4) is 5.75 Å². The molecule has 0 atom stereocenters. The maximum atomic E-state index is 12.2. The largest absolute Gasteiger partial charge is 0.484 e. The van der Waals surface area contributed by atoms with Crippen molar-refractivity contribution in [2.24, 2.45) is 0 Å². The number of nitrogens with one attached hydrogen (secondary N) is 2. The molecule has 134 valence electrons. The minimum Gasteiger partial charge on any atom is -0.484 e. The second kappa shape index (κ2) is 8.32. The first-order valence-electron chi connectivity index (χ1n) is 7.50. The normalized spacial score (nSPS) is 11.0. The van der Waals surface area contributed by atoms with Gasteiger partial charge >= 0.3 is 6.18 Å². The van der Waals surface area contributed by atoms with Crippen molar-refractivity contribution in [3.63, 3.8) is 0 Å². The summed E-state index contributed by atoms with van der Waals surface area (Å²) in [5.74, 6) is 0.274. The summed E-state index contributed by atoms with van der Waals surface area (Å²) in [6, 6.07) is 5.84. The molecular weight excluding hydrogens is 337 g/mol. The molecule has 0 aliphatic carbocycles. The van der Waals surface area contributed by atoms with E-state index < -0.39 is 12.8 Å². The highest BCUT2D eigenvalue weighted by atomic mass is 19.4. The highest BCUT2D eigenvalue weighted by Gasteiger charge is 2.28. The summed E-state index contributed by atoms with van der Waals surface area (Å²) < 4.78 is 41.1. The van der Waals surface area contributed by atoms with Gasteiger partial charge in [0.2, 0.25) is 0 Å². The third-order valence-electron chi connectivity index (χ3n) is 3.00. The first kappa shape index (κ1) is 18.5. The quantitative estimate of drug-likeness (QED) is 0.800. The molecule has 2 N–H and O–H groups in total. The molecule has 1 amide bonds. The monoisotopic (exact) mass is 354 g/mol. The fraction of sp³-hybridized carbons (Fsp3) is 0.312. The molecule has 25 heavy (non-hydrogen) atoms. The molecule has 0 aliphatic heterocycles. The Morgan fingerprint density at radius 1 is 1.20 bits per heavy atom. The number of amides is 1. The number of rotatable bonds is 7. The summed E-state index contributed by atoms with van der Waals surface area (Å²) in [6.45, 7) is 1.26. The molecule has 0 saturated carbocycles. The van der Waals surface area contributed by atoms with Crippen LogP contribution in [0, 0.1) is 0 Å². The number of pyridine rings is 2. The molecule has 2 rings (SSSR count). The lowest BCUT2D eigenvalue weighted by molar-refractivity contribution is -0.153. The average molecular weight is 354 g/mol. The zero-order valence-corrected chi connectivity index (χ0v) is 13.4. The van der Waals surface area contributed by atoms with E-state index in [1.165, 1.54) is 24.5 Å². The van der Waals surface area contributed by atoms with E-state index in [4.69, 9.17) is 0 Å². The lowest BCUT2D eigenvalue weighted by atomic mass is 10.2. The number of nitrogens with zero attached hydrogens (tertiary/aromatic N) is 2. The Balaban J connectivity index is 1.94. The lowest BCUT2D eigenvalue weighted by Crippen LogP contribution is -2.23. The van der Waals surface area contributed by atoms with E-state index in [0.717, 1.165) is 0 Å². The molecule has 0 aliphatic rings. The van der Waals surface area contributed by atoms with Crippen LogP contribution in [0.25, 0.3) is 0 Å². The summed E-state index contributed by atoms with van der Waals surface area (Å²) >= 11 is 0. The third-order valence-corrected chi connectivity index (χ3v) is 3.00. The van der Waals surface area contributed by atoms with Gasteiger partial charge in [-0.25, -0.2) is 4.98 Å². The van der Waals surface area contributed by atoms with Crippen LogP contribution in [0.4, 0.5) is 19.0 Å². The van der Waals surface area contributed by atoms with Gasteiger partial charge in [0.15, 0.2) is 6.61 Å². The van der Waals surface area contributed by atoms with Gasteiger partial charge in [-0.2, -0.15) is 13.2 Å². The Morgan fingerprint density at radius 2 is 1.96 bits per heavy atom. The maximum absolute atomic E-state index is 12.2. The van der Waals surface area contributed by atoms with Crippen LogP contribution in [0.15, 0.2) is 36.7 Å². The average Bonchev–Trinajstić information content (AvgIpc) is 2.58. The van der Waals surface area contributed by atoms with Crippen LogP contribution in [0.3, 0.4) is 0 Å². The van der Waals surface area contributed by atoms with Gasteiger partial charge in [0, 0.05) is 30.6 Å². The second-order valence-corrected chi connectivity index (χ2v) is 5.03. The molecule has 0 bridgehead atoms. The number of ether oxygens (including phenoxy) is 1. The molecule has 9 heteroatoms. The summed E-state index contributed by atoms with van der Waals surface area (Å²) in [6.07, 6.45) is -1.58. The fourth-order valence-corrected chi connectivity index (χ4v) is 1.93. The Hall–Kier alpha value is -2.84.